The van der Waals surface area contributed by atoms with Gasteiger partial charge in [-0.15, -0.1) is 0 Å². The summed E-state index contributed by atoms with van der Waals surface area (Å²) in [5.41, 5.74) is 8.60. The topological polar surface area (TPSA) is 64.1 Å². The lowest BCUT2D eigenvalue weighted by atomic mass is 9.97. The number of nitrogen functional groups attached to an aromatic ring is 1. The van der Waals surface area contributed by atoms with Gasteiger partial charge in [0, 0.05) is 18.2 Å². The van der Waals surface area contributed by atoms with Gasteiger partial charge in [-0.1, -0.05) is 19.9 Å². The molecular weight excluding hydrogens is 214 g/mol. The lowest BCUT2D eigenvalue weighted by Crippen LogP contribution is -1.98. The number of phenolic OH excluding ortho intramolecular Hbond substituents is 1. The minimum atomic E-state index is 0.231. The summed E-state index contributed by atoms with van der Waals surface area (Å²) in [6, 6.07) is 5.60. The molecule has 0 spiro atoms. The van der Waals surface area contributed by atoms with Gasteiger partial charge < -0.3 is 10.8 Å². The Kier molecular flexibility index (Phi) is 2.79. The molecule has 2 rings (SSSR count). The van der Waals surface area contributed by atoms with Crippen LogP contribution in [0, 0.1) is 0 Å². The maximum Gasteiger partial charge on any atom is 0.129 e. The first kappa shape index (κ1) is 11.5. The van der Waals surface area contributed by atoms with Crippen molar-refractivity contribution >= 4 is 5.82 Å². The first-order valence-corrected chi connectivity index (χ1v) is 5.61. The van der Waals surface area contributed by atoms with Gasteiger partial charge in [-0.25, -0.2) is 0 Å². The van der Waals surface area contributed by atoms with Crippen molar-refractivity contribution < 1.29 is 5.11 Å². The minimum absolute atomic E-state index is 0.231. The number of aryl methyl sites for hydroxylation is 1. The van der Waals surface area contributed by atoms with Gasteiger partial charge in [-0.3, -0.25) is 4.68 Å². The number of aromatic nitrogens is 2. The molecule has 0 aliphatic heterocycles. The summed E-state index contributed by atoms with van der Waals surface area (Å²) in [7, 11) is 1.78. The summed E-state index contributed by atoms with van der Waals surface area (Å²) in [4.78, 5) is 0. The third-order valence-electron chi connectivity index (χ3n) is 2.96. The Morgan fingerprint density at radius 3 is 2.53 bits per heavy atom. The maximum atomic E-state index is 9.91. The Morgan fingerprint density at radius 1 is 1.29 bits per heavy atom. The molecule has 4 heteroatoms. The molecule has 4 nitrogen and oxygen atoms in total. The molecule has 2 aromatic rings. The highest BCUT2D eigenvalue weighted by atomic mass is 16.3. The third-order valence-corrected chi connectivity index (χ3v) is 2.96. The fraction of sp³-hybridized carbons (Fsp3) is 0.308. The van der Waals surface area contributed by atoms with Crippen LogP contribution in [0.5, 0.6) is 5.75 Å². The molecule has 0 saturated heterocycles. The molecule has 0 aliphatic rings. The summed E-state index contributed by atoms with van der Waals surface area (Å²) in [5, 5.41) is 14.0. The highest BCUT2D eigenvalue weighted by molar-refractivity contribution is 5.78. The van der Waals surface area contributed by atoms with Gasteiger partial charge in [0.05, 0.1) is 6.20 Å². The number of hydrogen-bond acceptors (Lipinski definition) is 3. The van der Waals surface area contributed by atoms with Crippen molar-refractivity contribution in [1.82, 2.24) is 9.78 Å². The zero-order chi connectivity index (χ0) is 12.6. The van der Waals surface area contributed by atoms with Crippen molar-refractivity contribution in [1.29, 1.82) is 0 Å². The molecule has 0 aliphatic carbocycles. The number of rotatable bonds is 2. The molecule has 1 heterocycles. The van der Waals surface area contributed by atoms with E-state index in [2.05, 4.69) is 18.9 Å². The van der Waals surface area contributed by atoms with Crippen molar-refractivity contribution in [3.63, 3.8) is 0 Å². The van der Waals surface area contributed by atoms with Gasteiger partial charge >= 0.3 is 0 Å². The second kappa shape index (κ2) is 4.13. The summed E-state index contributed by atoms with van der Waals surface area (Å²) in [6.07, 6.45) is 1.68. The van der Waals surface area contributed by atoms with Gasteiger partial charge in [0.25, 0.3) is 0 Å². The van der Waals surface area contributed by atoms with Crippen LogP contribution in [0.2, 0.25) is 0 Å². The molecule has 0 unspecified atom stereocenters. The average Bonchev–Trinajstić information content (AvgIpc) is 2.60. The molecule has 0 radical (unpaired) electrons. The number of nitrogens with zero attached hydrogens (tertiary/aromatic N) is 2. The zero-order valence-corrected chi connectivity index (χ0v) is 10.3. The van der Waals surface area contributed by atoms with E-state index in [4.69, 9.17) is 5.73 Å². The van der Waals surface area contributed by atoms with Gasteiger partial charge in [0.1, 0.15) is 11.6 Å². The Morgan fingerprint density at radius 2 is 2.00 bits per heavy atom. The molecule has 0 amide bonds. The standard InChI is InChI=1S/C13H17N3O/c1-8(2)9-4-5-12(17)10(6-9)11-7-15-16(3)13(11)14/h4-8,17H,14H2,1-3H3. The Bertz CT molecular complexity index is 544. The monoisotopic (exact) mass is 231 g/mol. The SMILES string of the molecule is CC(C)c1ccc(O)c(-c2cnn(C)c2N)c1. The van der Waals surface area contributed by atoms with Crippen LogP contribution in [0.1, 0.15) is 25.3 Å². The first-order valence-electron chi connectivity index (χ1n) is 5.61. The van der Waals surface area contributed by atoms with Crippen LogP contribution in [-0.4, -0.2) is 14.9 Å². The molecule has 17 heavy (non-hydrogen) atoms. The molecule has 1 aromatic carbocycles. The molecule has 0 fully saturated rings. The lowest BCUT2D eigenvalue weighted by molar-refractivity contribution is 0.477. The van der Waals surface area contributed by atoms with E-state index < -0.39 is 0 Å². The van der Waals surface area contributed by atoms with E-state index in [0.717, 1.165) is 11.1 Å². The van der Waals surface area contributed by atoms with E-state index in [0.29, 0.717) is 11.7 Å². The molecule has 90 valence electrons. The van der Waals surface area contributed by atoms with E-state index in [1.165, 1.54) is 5.56 Å². The molecule has 0 saturated carbocycles. The van der Waals surface area contributed by atoms with Crippen LogP contribution in [0.15, 0.2) is 24.4 Å². The maximum absolute atomic E-state index is 9.91. The zero-order valence-electron chi connectivity index (χ0n) is 10.3. The van der Waals surface area contributed by atoms with Gasteiger partial charge in [0.15, 0.2) is 0 Å². The predicted molar refractivity (Wildman–Crippen MR) is 68.8 cm³/mol. The van der Waals surface area contributed by atoms with Crippen LogP contribution in [0.4, 0.5) is 5.82 Å². The normalized spacial score (nSPS) is 11.1. The number of aromatic hydroxyl groups is 1. The van der Waals surface area contributed by atoms with Crippen LogP contribution in [0.25, 0.3) is 11.1 Å². The number of nitrogens with two attached hydrogens (primary N) is 1. The number of hydrogen-bond donors (Lipinski definition) is 2. The molecule has 3 N–H and O–H groups in total. The lowest BCUT2D eigenvalue weighted by Gasteiger charge is -2.09. The third kappa shape index (κ3) is 1.98. The summed E-state index contributed by atoms with van der Waals surface area (Å²) < 4.78 is 1.59. The average molecular weight is 231 g/mol. The van der Waals surface area contributed by atoms with E-state index in [1.54, 1.807) is 24.0 Å². The van der Waals surface area contributed by atoms with Gasteiger partial charge in [-0.2, -0.15) is 5.10 Å². The summed E-state index contributed by atoms with van der Waals surface area (Å²) >= 11 is 0. The first-order chi connectivity index (χ1) is 8.00. The molecule has 0 bridgehead atoms. The Hall–Kier alpha value is -1.97. The number of benzene rings is 1. The van der Waals surface area contributed by atoms with Crippen molar-refractivity contribution in [2.45, 2.75) is 19.8 Å². The van der Waals surface area contributed by atoms with E-state index in [-0.39, 0.29) is 5.75 Å². The van der Waals surface area contributed by atoms with Crippen LogP contribution < -0.4 is 5.73 Å². The number of phenols is 1. The van der Waals surface area contributed by atoms with E-state index in [9.17, 15) is 5.11 Å². The Balaban J connectivity index is 2.58. The van der Waals surface area contributed by atoms with Crippen molar-refractivity contribution in [2.75, 3.05) is 5.73 Å². The fourth-order valence-corrected chi connectivity index (χ4v) is 1.78. The van der Waals surface area contributed by atoms with Crippen molar-refractivity contribution in [3.8, 4) is 16.9 Å². The smallest absolute Gasteiger partial charge is 0.129 e. The minimum Gasteiger partial charge on any atom is -0.507 e. The van der Waals surface area contributed by atoms with Gasteiger partial charge in [0.2, 0.25) is 0 Å². The van der Waals surface area contributed by atoms with Crippen molar-refractivity contribution in [2.24, 2.45) is 7.05 Å². The Labute approximate surface area is 101 Å². The van der Waals surface area contributed by atoms with Crippen LogP contribution in [0.3, 0.4) is 0 Å². The van der Waals surface area contributed by atoms with Crippen LogP contribution >= 0.6 is 0 Å². The van der Waals surface area contributed by atoms with Crippen molar-refractivity contribution in [3.05, 3.63) is 30.0 Å². The van der Waals surface area contributed by atoms with Gasteiger partial charge in [-0.05, 0) is 23.6 Å². The quantitative estimate of drug-likeness (QED) is 0.834. The highest BCUT2D eigenvalue weighted by Crippen LogP contribution is 2.34. The summed E-state index contributed by atoms with van der Waals surface area (Å²) in [6.45, 7) is 4.23. The second-order valence-corrected chi connectivity index (χ2v) is 4.50. The van der Waals surface area contributed by atoms with E-state index >= 15 is 0 Å². The molecular formula is C13H17N3O. The molecule has 1 aromatic heterocycles. The predicted octanol–water partition coefficient (Wildman–Crippen LogP) is 2.50. The van der Waals surface area contributed by atoms with E-state index in [1.807, 2.05) is 12.1 Å². The highest BCUT2D eigenvalue weighted by Gasteiger charge is 2.13. The number of anilines is 1. The fourth-order valence-electron chi connectivity index (χ4n) is 1.78. The summed E-state index contributed by atoms with van der Waals surface area (Å²) in [5.74, 6) is 1.20. The van der Waals surface area contributed by atoms with Crippen LogP contribution in [-0.2, 0) is 7.05 Å². The molecule has 0 atom stereocenters. The largest absolute Gasteiger partial charge is 0.507 e. The second-order valence-electron chi connectivity index (χ2n) is 4.50.